The van der Waals surface area contributed by atoms with Gasteiger partial charge in [0.05, 0.1) is 31.4 Å². The van der Waals surface area contributed by atoms with E-state index in [4.69, 9.17) is 9.47 Å². The highest BCUT2D eigenvalue weighted by Crippen LogP contribution is 2.39. The summed E-state index contributed by atoms with van der Waals surface area (Å²) < 4.78 is 11.1. The van der Waals surface area contributed by atoms with Crippen molar-refractivity contribution in [3.05, 3.63) is 70.8 Å². The number of carbonyl (C=O) groups is 2. The number of carbonyl (C=O) groups excluding carboxylic acids is 2. The molecule has 0 spiro atoms. The monoisotopic (exact) mass is 478 g/mol. The smallest absolute Gasteiger partial charge is 0.295 e. The predicted molar refractivity (Wildman–Crippen MR) is 134 cm³/mol. The molecule has 1 atom stereocenters. The largest absolute Gasteiger partial charge is 0.507 e. The van der Waals surface area contributed by atoms with Gasteiger partial charge >= 0.3 is 0 Å². The van der Waals surface area contributed by atoms with Crippen LogP contribution in [-0.2, 0) is 20.7 Å². The number of nitrogens with zero attached hydrogens (tertiary/aromatic N) is 2. The van der Waals surface area contributed by atoms with E-state index in [1.807, 2.05) is 37.3 Å². The highest BCUT2D eigenvalue weighted by atomic mass is 16.5. The van der Waals surface area contributed by atoms with Crippen LogP contribution in [0.2, 0.25) is 0 Å². The molecule has 0 bridgehead atoms. The van der Waals surface area contributed by atoms with Gasteiger partial charge in [0.25, 0.3) is 11.7 Å². The van der Waals surface area contributed by atoms with E-state index in [2.05, 4.69) is 11.8 Å². The molecule has 2 aliphatic rings. The SMILES string of the molecule is CCCOc1cccc(C(O)=C2C(=O)C(=O)N(CCN3CCOCC3)C2c2ccc(CC)cc2)c1. The number of ketones is 1. The molecule has 2 saturated heterocycles. The molecule has 0 aromatic heterocycles. The first kappa shape index (κ1) is 24.9. The van der Waals surface area contributed by atoms with Gasteiger partial charge in [-0.3, -0.25) is 14.5 Å². The second kappa shape index (κ2) is 11.5. The van der Waals surface area contributed by atoms with E-state index in [-0.39, 0.29) is 11.3 Å². The van der Waals surface area contributed by atoms with Gasteiger partial charge in [0.15, 0.2) is 0 Å². The van der Waals surface area contributed by atoms with Crippen LogP contribution in [0.25, 0.3) is 5.76 Å². The minimum atomic E-state index is -0.658. The highest BCUT2D eigenvalue weighted by Gasteiger charge is 2.46. The van der Waals surface area contributed by atoms with Crippen LogP contribution in [0.15, 0.2) is 54.1 Å². The Morgan fingerprint density at radius 1 is 1.06 bits per heavy atom. The van der Waals surface area contributed by atoms with Gasteiger partial charge in [-0.2, -0.15) is 0 Å². The highest BCUT2D eigenvalue weighted by molar-refractivity contribution is 6.46. The van der Waals surface area contributed by atoms with E-state index in [0.717, 1.165) is 31.5 Å². The first-order valence-corrected chi connectivity index (χ1v) is 12.4. The molecule has 35 heavy (non-hydrogen) atoms. The number of Topliss-reactive ketones (excluding diaryl/α,β-unsaturated/α-hetero) is 1. The number of aryl methyl sites for hydroxylation is 1. The number of hydrogen-bond acceptors (Lipinski definition) is 6. The van der Waals surface area contributed by atoms with Crippen molar-refractivity contribution in [2.24, 2.45) is 0 Å². The van der Waals surface area contributed by atoms with Crippen molar-refractivity contribution in [2.45, 2.75) is 32.7 Å². The van der Waals surface area contributed by atoms with Crippen molar-refractivity contribution < 1.29 is 24.2 Å². The molecule has 1 unspecified atom stereocenters. The van der Waals surface area contributed by atoms with Crippen LogP contribution in [0.4, 0.5) is 0 Å². The van der Waals surface area contributed by atoms with Crippen molar-refractivity contribution in [1.82, 2.24) is 9.80 Å². The number of likely N-dealkylation sites (tertiary alicyclic amines) is 1. The van der Waals surface area contributed by atoms with Crippen LogP contribution in [0.5, 0.6) is 5.75 Å². The quantitative estimate of drug-likeness (QED) is 0.336. The summed E-state index contributed by atoms with van der Waals surface area (Å²) in [6, 6.07) is 14.3. The summed E-state index contributed by atoms with van der Waals surface area (Å²) in [6.07, 6.45) is 1.75. The fourth-order valence-electron chi connectivity index (χ4n) is 4.58. The molecule has 2 aliphatic heterocycles. The van der Waals surface area contributed by atoms with E-state index in [0.29, 0.717) is 44.2 Å². The van der Waals surface area contributed by atoms with Gasteiger partial charge in [-0.25, -0.2) is 0 Å². The first-order chi connectivity index (χ1) is 17.0. The molecule has 0 radical (unpaired) electrons. The first-order valence-electron chi connectivity index (χ1n) is 12.4. The molecular formula is C28H34N2O5. The topological polar surface area (TPSA) is 79.3 Å². The van der Waals surface area contributed by atoms with Crippen LogP contribution < -0.4 is 4.74 Å². The molecule has 4 rings (SSSR count). The van der Waals surface area contributed by atoms with Crippen molar-refractivity contribution in [3.8, 4) is 5.75 Å². The Bertz CT molecular complexity index is 1070. The zero-order valence-corrected chi connectivity index (χ0v) is 20.5. The summed E-state index contributed by atoms with van der Waals surface area (Å²) in [5.74, 6) is -0.804. The Hall–Kier alpha value is -3.16. The zero-order chi connectivity index (χ0) is 24.8. The Balaban J connectivity index is 1.71. The third-order valence-electron chi connectivity index (χ3n) is 6.58. The molecule has 0 saturated carbocycles. The molecule has 2 heterocycles. The van der Waals surface area contributed by atoms with E-state index < -0.39 is 17.7 Å². The number of ether oxygens (including phenoxy) is 2. The number of amides is 1. The van der Waals surface area contributed by atoms with Crippen LogP contribution in [0, 0.1) is 0 Å². The lowest BCUT2D eigenvalue weighted by molar-refractivity contribution is -0.140. The van der Waals surface area contributed by atoms with E-state index >= 15 is 0 Å². The molecule has 7 heteroatoms. The minimum Gasteiger partial charge on any atom is -0.507 e. The van der Waals surface area contributed by atoms with Gasteiger partial charge in [-0.05, 0) is 36.1 Å². The number of morpholine rings is 1. The van der Waals surface area contributed by atoms with Gasteiger partial charge in [0, 0.05) is 31.7 Å². The Morgan fingerprint density at radius 2 is 1.80 bits per heavy atom. The van der Waals surface area contributed by atoms with Gasteiger partial charge in [0.1, 0.15) is 11.5 Å². The molecule has 1 amide bonds. The van der Waals surface area contributed by atoms with E-state index in [9.17, 15) is 14.7 Å². The summed E-state index contributed by atoms with van der Waals surface area (Å²) in [5.41, 5.74) is 2.55. The fourth-order valence-corrected chi connectivity index (χ4v) is 4.58. The van der Waals surface area contributed by atoms with E-state index in [1.165, 1.54) is 5.56 Å². The van der Waals surface area contributed by atoms with Crippen molar-refractivity contribution >= 4 is 17.4 Å². The fraction of sp³-hybridized carbons (Fsp3) is 0.429. The average Bonchev–Trinajstić information content (AvgIpc) is 3.16. The number of rotatable bonds is 9. The molecule has 2 fully saturated rings. The van der Waals surface area contributed by atoms with Crippen molar-refractivity contribution in [2.75, 3.05) is 46.0 Å². The molecule has 2 aromatic rings. The van der Waals surface area contributed by atoms with Crippen LogP contribution in [0.3, 0.4) is 0 Å². The van der Waals surface area contributed by atoms with Gasteiger partial charge in [-0.1, -0.05) is 50.2 Å². The Labute approximate surface area is 206 Å². The second-order valence-corrected chi connectivity index (χ2v) is 8.92. The summed E-state index contributed by atoms with van der Waals surface area (Å²) in [7, 11) is 0. The zero-order valence-electron chi connectivity index (χ0n) is 20.5. The lowest BCUT2D eigenvalue weighted by atomic mass is 9.94. The molecule has 2 aromatic carbocycles. The maximum Gasteiger partial charge on any atom is 0.295 e. The summed E-state index contributed by atoms with van der Waals surface area (Å²) >= 11 is 0. The molecule has 186 valence electrons. The third-order valence-corrected chi connectivity index (χ3v) is 6.58. The summed E-state index contributed by atoms with van der Waals surface area (Å²) in [6.45, 7) is 8.60. The van der Waals surface area contributed by atoms with Gasteiger partial charge in [-0.15, -0.1) is 0 Å². The van der Waals surface area contributed by atoms with Crippen LogP contribution in [-0.4, -0.2) is 72.6 Å². The number of aliphatic hydroxyl groups excluding tert-OH is 1. The summed E-state index contributed by atoms with van der Waals surface area (Å²) in [5, 5.41) is 11.3. The van der Waals surface area contributed by atoms with Crippen molar-refractivity contribution in [1.29, 1.82) is 0 Å². The molecule has 1 N–H and O–H groups in total. The second-order valence-electron chi connectivity index (χ2n) is 8.92. The normalized spacial score (nSPS) is 20.4. The standard InChI is InChI=1S/C28H34N2O5/c1-3-16-35-23-7-5-6-22(19-23)26(31)24-25(21-10-8-20(4-2)9-11-21)30(28(33)27(24)32)13-12-29-14-17-34-18-15-29/h5-11,19,25,31H,3-4,12-18H2,1-2H3. The van der Waals surface area contributed by atoms with Gasteiger partial charge < -0.3 is 19.5 Å². The summed E-state index contributed by atoms with van der Waals surface area (Å²) in [4.78, 5) is 30.3. The molecule has 0 aliphatic carbocycles. The maximum atomic E-state index is 13.3. The maximum absolute atomic E-state index is 13.3. The van der Waals surface area contributed by atoms with Crippen LogP contribution >= 0.6 is 0 Å². The average molecular weight is 479 g/mol. The third kappa shape index (κ3) is 5.57. The lowest BCUT2D eigenvalue weighted by Crippen LogP contribution is -2.42. The Kier molecular flexibility index (Phi) is 8.21. The Morgan fingerprint density at radius 3 is 2.49 bits per heavy atom. The van der Waals surface area contributed by atoms with Crippen LogP contribution in [0.1, 0.15) is 43.0 Å². The minimum absolute atomic E-state index is 0.119. The van der Waals surface area contributed by atoms with E-state index in [1.54, 1.807) is 23.1 Å². The number of hydrogen-bond donors (Lipinski definition) is 1. The lowest BCUT2D eigenvalue weighted by Gasteiger charge is -2.31. The molecule has 7 nitrogen and oxygen atoms in total. The molecular weight excluding hydrogens is 444 g/mol. The predicted octanol–water partition coefficient (Wildman–Crippen LogP) is 3.79. The van der Waals surface area contributed by atoms with Gasteiger partial charge in [0.2, 0.25) is 0 Å². The number of aliphatic hydroxyl groups is 1. The number of benzene rings is 2. The van der Waals surface area contributed by atoms with Crippen molar-refractivity contribution in [3.63, 3.8) is 0 Å².